The van der Waals surface area contributed by atoms with Gasteiger partial charge in [-0.3, -0.25) is 0 Å². The van der Waals surface area contributed by atoms with Crippen molar-refractivity contribution in [1.29, 1.82) is 0 Å². The molecule has 0 aromatic heterocycles. The lowest BCUT2D eigenvalue weighted by molar-refractivity contribution is 0.288. The first-order valence-corrected chi connectivity index (χ1v) is 14.1. The maximum Gasteiger partial charge on any atom is 0.128 e. The van der Waals surface area contributed by atoms with Crippen molar-refractivity contribution < 1.29 is 9.47 Å². The van der Waals surface area contributed by atoms with Crippen molar-refractivity contribution in [2.24, 2.45) is 0 Å². The first kappa shape index (κ1) is 22.1. The summed E-state index contributed by atoms with van der Waals surface area (Å²) in [5, 5.41) is 3.33. The van der Waals surface area contributed by atoms with Crippen molar-refractivity contribution in [3.63, 3.8) is 0 Å². The van der Waals surface area contributed by atoms with Crippen LogP contribution in [0.4, 0.5) is 0 Å². The van der Waals surface area contributed by atoms with Crippen LogP contribution in [0.1, 0.15) is 68.2 Å². The maximum atomic E-state index is 6.52. The molecule has 4 rings (SSSR count). The van der Waals surface area contributed by atoms with Gasteiger partial charge in [0.2, 0.25) is 0 Å². The third-order valence-corrected chi connectivity index (χ3v) is 12.9. The molecule has 0 radical (unpaired) electrons. The van der Waals surface area contributed by atoms with Crippen LogP contribution >= 0.6 is 15.8 Å². The standard InChI is InChI=1S/C26H36O2P2/c1-9-21-27-19-15-11-13-17(23(19)29(21)25(3,4)5)18-14-12-16-20-24(18)30(26(6,7)8)22(10-2)28-20/h11-16,21-22H,9-10H2,1-8H3/t21-,22-,29?,30?/m0/s1. The van der Waals surface area contributed by atoms with Gasteiger partial charge in [-0.25, -0.2) is 0 Å². The molecule has 162 valence electrons. The van der Waals surface area contributed by atoms with Gasteiger partial charge in [-0.1, -0.05) is 79.7 Å². The molecule has 0 fully saturated rings. The molecule has 0 amide bonds. The molecule has 4 atom stereocenters. The fourth-order valence-electron chi connectivity index (χ4n) is 4.92. The molecule has 0 saturated carbocycles. The van der Waals surface area contributed by atoms with E-state index in [1.54, 1.807) is 0 Å². The summed E-state index contributed by atoms with van der Waals surface area (Å²) >= 11 is 0. The molecule has 2 aromatic carbocycles. The van der Waals surface area contributed by atoms with E-state index in [0.29, 0.717) is 11.7 Å². The zero-order chi connectivity index (χ0) is 21.8. The van der Waals surface area contributed by atoms with Gasteiger partial charge in [0.25, 0.3) is 0 Å². The van der Waals surface area contributed by atoms with Crippen LogP contribution in [0, 0.1) is 0 Å². The van der Waals surface area contributed by atoms with Crippen LogP contribution in [-0.4, -0.2) is 22.0 Å². The highest BCUT2D eigenvalue weighted by molar-refractivity contribution is 7.69. The second-order valence-corrected chi connectivity index (χ2v) is 16.6. The minimum absolute atomic E-state index is 0.201. The van der Waals surface area contributed by atoms with Crippen LogP contribution in [0.3, 0.4) is 0 Å². The molecule has 0 N–H and O–H groups in total. The molecule has 2 aromatic rings. The first-order valence-electron chi connectivity index (χ1n) is 11.3. The molecule has 2 aliphatic rings. The van der Waals surface area contributed by atoms with E-state index in [1.807, 2.05) is 0 Å². The van der Waals surface area contributed by atoms with Gasteiger partial charge in [-0.05, 0) is 62.3 Å². The number of benzene rings is 2. The maximum absolute atomic E-state index is 6.52. The Hall–Kier alpha value is -1.10. The Bertz CT molecular complexity index is 862. The Morgan fingerprint density at radius 3 is 1.33 bits per heavy atom. The van der Waals surface area contributed by atoms with Crippen molar-refractivity contribution in [1.82, 2.24) is 0 Å². The Balaban J connectivity index is 1.95. The third-order valence-electron chi connectivity index (χ3n) is 6.02. The normalized spacial score (nSPS) is 25.5. The van der Waals surface area contributed by atoms with E-state index in [4.69, 9.17) is 9.47 Å². The zero-order valence-electron chi connectivity index (χ0n) is 19.7. The molecule has 2 heterocycles. The van der Waals surface area contributed by atoms with Gasteiger partial charge >= 0.3 is 0 Å². The lowest BCUT2D eigenvalue weighted by Gasteiger charge is -2.34. The smallest absolute Gasteiger partial charge is 0.128 e. The summed E-state index contributed by atoms with van der Waals surface area (Å²) in [7, 11) is -0.859. The van der Waals surface area contributed by atoms with E-state index in [9.17, 15) is 0 Å². The van der Waals surface area contributed by atoms with Gasteiger partial charge < -0.3 is 9.47 Å². The molecule has 2 aliphatic heterocycles. The molecule has 0 bridgehead atoms. The number of hydrogen-bond donors (Lipinski definition) is 0. The zero-order valence-corrected chi connectivity index (χ0v) is 21.5. The summed E-state index contributed by atoms with van der Waals surface area (Å²) in [6, 6.07) is 13.4. The van der Waals surface area contributed by atoms with E-state index < -0.39 is 15.8 Å². The number of rotatable bonds is 3. The molecule has 30 heavy (non-hydrogen) atoms. The van der Waals surface area contributed by atoms with Crippen molar-refractivity contribution in [3.8, 4) is 22.6 Å². The second-order valence-electron chi connectivity index (χ2n) is 10.3. The monoisotopic (exact) mass is 442 g/mol. The van der Waals surface area contributed by atoms with E-state index in [-0.39, 0.29) is 10.3 Å². The Morgan fingerprint density at radius 1 is 0.667 bits per heavy atom. The minimum Gasteiger partial charge on any atom is -0.485 e. The Labute approximate surface area is 185 Å². The van der Waals surface area contributed by atoms with Crippen LogP contribution in [0.2, 0.25) is 0 Å². The number of hydrogen-bond acceptors (Lipinski definition) is 2. The van der Waals surface area contributed by atoms with Gasteiger partial charge in [0, 0.05) is 10.6 Å². The lowest BCUT2D eigenvalue weighted by Crippen LogP contribution is -2.26. The molecule has 0 spiro atoms. The predicted molar refractivity (Wildman–Crippen MR) is 134 cm³/mol. The number of fused-ring (bicyclic) bond motifs is 2. The minimum atomic E-state index is -0.429. The fraction of sp³-hybridized carbons (Fsp3) is 0.538. The van der Waals surface area contributed by atoms with Gasteiger partial charge in [0.05, 0.1) is 0 Å². The van der Waals surface area contributed by atoms with Gasteiger partial charge in [0.15, 0.2) is 0 Å². The van der Waals surface area contributed by atoms with Crippen LogP contribution in [-0.2, 0) is 0 Å². The molecular weight excluding hydrogens is 406 g/mol. The van der Waals surface area contributed by atoms with Crippen LogP contribution in [0.15, 0.2) is 36.4 Å². The first-order chi connectivity index (χ1) is 14.1. The SMILES string of the molecule is CC[C@H]1Oc2cccc(-c3cccc4c3P(C(C)(C)C)[C@@H](CC)O4)c2P1C(C)(C)C. The summed E-state index contributed by atoms with van der Waals surface area (Å²) in [5.74, 6) is 2.81. The van der Waals surface area contributed by atoms with Crippen LogP contribution < -0.4 is 20.1 Å². The average molecular weight is 443 g/mol. The quantitative estimate of drug-likeness (QED) is 0.461. The van der Waals surface area contributed by atoms with E-state index in [2.05, 4.69) is 91.8 Å². The molecule has 0 aliphatic carbocycles. The highest BCUT2D eigenvalue weighted by atomic mass is 31.1. The summed E-state index contributed by atoms with van der Waals surface area (Å²) in [5.41, 5.74) is 2.75. The van der Waals surface area contributed by atoms with Gasteiger partial charge in [-0.15, -0.1) is 0 Å². The van der Waals surface area contributed by atoms with E-state index >= 15 is 0 Å². The van der Waals surface area contributed by atoms with Crippen molar-refractivity contribution in [2.45, 2.75) is 90.2 Å². The molecule has 0 saturated heterocycles. The molecule has 2 nitrogen and oxygen atoms in total. The highest BCUT2D eigenvalue weighted by Crippen LogP contribution is 2.63. The Kier molecular flexibility index (Phi) is 5.74. The highest BCUT2D eigenvalue weighted by Gasteiger charge is 2.45. The number of ether oxygens (including phenoxy) is 2. The molecule has 4 heteroatoms. The fourth-order valence-corrected chi connectivity index (χ4v) is 11.4. The lowest BCUT2D eigenvalue weighted by atomic mass is 10.0. The van der Waals surface area contributed by atoms with Crippen LogP contribution in [0.5, 0.6) is 11.5 Å². The topological polar surface area (TPSA) is 18.5 Å². The van der Waals surface area contributed by atoms with Crippen molar-refractivity contribution in [2.75, 3.05) is 0 Å². The average Bonchev–Trinajstić information content (AvgIpc) is 3.24. The molecule has 2 unspecified atom stereocenters. The largest absolute Gasteiger partial charge is 0.485 e. The van der Waals surface area contributed by atoms with Crippen LogP contribution in [0.25, 0.3) is 11.1 Å². The van der Waals surface area contributed by atoms with Gasteiger partial charge in [0.1, 0.15) is 23.2 Å². The summed E-state index contributed by atoms with van der Waals surface area (Å²) in [6.45, 7) is 18.8. The van der Waals surface area contributed by atoms with Crippen molar-refractivity contribution in [3.05, 3.63) is 36.4 Å². The van der Waals surface area contributed by atoms with Crippen molar-refractivity contribution >= 4 is 26.5 Å². The summed E-state index contributed by atoms with van der Waals surface area (Å²) in [6.07, 6.45) is 2.11. The second kappa shape index (κ2) is 7.79. The third kappa shape index (κ3) is 3.59. The predicted octanol–water partition coefficient (Wildman–Crippen LogP) is 7.42. The summed E-state index contributed by atoms with van der Waals surface area (Å²) in [4.78, 5) is 0. The van der Waals surface area contributed by atoms with E-state index in [0.717, 1.165) is 24.3 Å². The van der Waals surface area contributed by atoms with E-state index in [1.165, 1.54) is 21.7 Å². The summed E-state index contributed by atoms with van der Waals surface area (Å²) < 4.78 is 13.0. The molecular formula is C26H36O2P2. The van der Waals surface area contributed by atoms with Gasteiger partial charge in [-0.2, -0.15) is 0 Å². The Morgan fingerprint density at radius 2 is 1.03 bits per heavy atom.